The fourth-order valence-corrected chi connectivity index (χ4v) is 6.92. The van der Waals surface area contributed by atoms with Crippen LogP contribution in [0.3, 0.4) is 0 Å². The van der Waals surface area contributed by atoms with Crippen LogP contribution in [-0.2, 0) is 15.3 Å². The van der Waals surface area contributed by atoms with E-state index >= 15 is 0 Å². The molecule has 5 aromatic rings. The number of aryl methyl sites for hydroxylation is 2. The number of amides is 1. The summed E-state index contributed by atoms with van der Waals surface area (Å²) < 4.78 is 22.2. The van der Waals surface area contributed by atoms with E-state index in [0.29, 0.717) is 38.3 Å². The van der Waals surface area contributed by atoms with Gasteiger partial charge >= 0.3 is 5.91 Å². The average molecular weight is 628 g/mol. The smallest absolute Gasteiger partial charge is 0.301 e. The average Bonchev–Trinajstić information content (AvgIpc) is 3.70. The van der Waals surface area contributed by atoms with Crippen molar-refractivity contribution in [2.75, 3.05) is 11.5 Å². The summed E-state index contributed by atoms with van der Waals surface area (Å²) in [5.41, 5.74) is 3.20. The van der Waals surface area contributed by atoms with E-state index in [4.69, 9.17) is 4.74 Å². The first-order chi connectivity index (χ1) is 21.3. The van der Waals surface area contributed by atoms with Crippen molar-refractivity contribution in [1.29, 1.82) is 0 Å². The number of anilines is 1. The zero-order valence-electron chi connectivity index (χ0n) is 23.7. The highest BCUT2D eigenvalue weighted by molar-refractivity contribution is 8.00. The molecule has 12 heteroatoms. The molecule has 0 saturated carbocycles. The molecule has 2 aromatic carbocycles. The lowest BCUT2D eigenvalue weighted by molar-refractivity contribution is -0.132. The van der Waals surface area contributed by atoms with E-state index in [1.54, 1.807) is 55.5 Å². The highest BCUT2D eigenvalue weighted by Gasteiger charge is 2.49. The Morgan fingerprint density at radius 1 is 1.14 bits per heavy atom. The molecule has 222 valence electrons. The standard InChI is InChI=1S/C32H26FN5O4S2/c1-4-15-42-22-12-7-11-20(16-22)26-24(27(39)25-19(3)37-14-8-9-18(2)29(37)34-25)28(40)30(41)38(26)31-35-36-32(44-31)43-17-21-10-5-6-13-23(21)33/h4-14,16,26,39H,1,15,17H2,2-3H3. The van der Waals surface area contributed by atoms with Gasteiger partial charge in [-0.15, -0.1) is 10.2 Å². The number of ketones is 1. The number of hydrogen-bond donors (Lipinski definition) is 1. The molecule has 1 unspecified atom stereocenters. The second kappa shape index (κ2) is 12.1. The summed E-state index contributed by atoms with van der Waals surface area (Å²) >= 11 is 2.36. The molecule has 1 N–H and O–H groups in total. The molecule has 1 amide bonds. The number of fused-ring (bicyclic) bond motifs is 1. The van der Waals surface area contributed by atoms with Crippen LogP contribution in [0.1, 0.15) is 34.1 Å². The van der Waals surface area contributed by atoms with Crippen molar-refractivity contribution >= 4 is 51.3 Å². The highest BCUT2D eigenvalue weighted by atomic mass is 32.2. The largest absolute Gasteiger partial charge is 0.505 e. The van der Waals surface area contributed by atoms with E-state index in [0.717, 1.165) is 16.9 Å². The van der Waals surface area contributed by atoms with Crippen LogP contribution in [0.15, 0.2) is 89.4 Å². The lowest BCUT2D eigenvalue weighted by Crippen LogP contribution is -2.29. The molecule has 9 nitrogen and oxygen atoms in total. The number of imidazole rings is 1. The predicted molar refractivity (Wildman–Crippen MR) is 167 cm³/mol. The molecule has 44 heavy (non-hydrogen) atoms. The summed E-state index contributed by atoms with van der Waals surface area (Å²) in [5.74, 6) is -1.68. The van der Waals surface area contributed by atoms with Gasteiger partial charge in [0.25, 0.3) is 5.78 Å². The lowest BCUT2D eigenvalue weighted by atomic mass is 9.96. The number of aliphatic hydroxyl groups is 1. The Bertz CT molecular complexity index is 1970. The van der Waals surface area contributed by atoms with Gasteiger partial charge in [0.05, 0.1) is 17.3 Å². The van der Waals surface area contributed by atoms with Crippen molar-refractivity contribution in [3.05, 3.63) is 119 Å². The van der Waals surface area contributed by atoms with Crippen molar-refractivity contribution in [2.45, 2.75) is 30.0 Å². The van der Waals surface area contributed by atoms with Gasteiger partial charge in [0.15, 0.2) is 10.1 Å². The third-order valence-corrected chi connectivity index (χ3v) is 9.31. The number of thioether (sulfide) groups is 1. The fourth-order valence-electron chi connectivity index (χ4n) is 5.06. The SMILES string of the molecule is C=CCOc1cccc(C2C(=C(O)c3nc4c(C)cccn4c3C)C(=O)C(=O)N2c2nnc(SCc3ccccc3F)s2)c1. The number of benzene rings is 2. The number of aromatic nitrogens is 4. The number of ether oxygens (including phenoxy) is 1. The van der Waals surface area contributed by atoms with Gasteiger partial charge in [0.1, 0.15) is 29.5 Å². The number of halogens is 1. The van der Waals surface area contributed by atoms with Gasteiger partial charge in [-0.2, -0.15) is 0 Å². The Labute approximate surface area is 260 Å². The number of nitrogens with zero attached hydrogens (tertiary/aromatic N) is 5. The topological polar surface area (TPSA) is 110 Å². The second-order valence-corrected chi connectivity index (χ2v) is 12.2. The molecule has 1 aliphatic rings. The van der Waals surface area contributed by atoms with E-state index in [2.05, 4.69) is 21.8 Å². The van der Waals surface area contributed by atoms with Crippen LogP contribution in [0.4, 0.5) is 9.52 Å². The third kappa shape index (κ3) is 5.26. The van der Waals surface area contributed by atoms with Gasteiger partial charge in [-0.05, 0) is 54.8 Å². The van der Waals surface area contributed by atoms with Crippen molar-refractivity contribution in [3.63, 3.8) is 0 Å². The number of Topliss-reactive ketones (excluding diaryl/α,β-unsaturated/α-hetero) is 1. The van der Waals surface area contributed by atoms with Crippen LogP contribution in [0, 0.1) is 19.7 Å². The minimum Gasteiger partial charge on any atom is -0.505 e. The van der Waals surface area contributed by atoms with Crippen LogP contribution < -0.4 is 9.64 Å². The summed E-state index contributed by atoms with van der Waals surface area (Å²) in [6.07, 6.45) is 3.42. The Hall–Kier alpha value is -4.81. The molecule has 1 atom stereocenters. The quantitative estimate of drug-likeness (QED) is 0.0498. The maximum atomic E-state index is 14.2. The van der Waals surface area contributed by atoms with Crippen LogP contribution in [-0.4, -0.2) is 43.0 Å². The number of aliphatic hydroxyl groups excluding tert-OH is 1. The zero-order valence-corrected chi connectivity index (χ0v) is 25.4. The zero-order chi connectivity index (χ0) is 31.0. The molecule has 1 aliphatic heterocycles. The van der Waals surface area contributed by atoms with Crippen molar-refractivity contribution in [2.24, 2.45) is 0 Å². The maximum absolute atomic E-state index is 14.2. The molecule has 0 spiro atoms. The summed E-state index contributed by atoms with van der Waals surface area (Å²) in [5, 5.41) is 20.3. The van der Waals surface area contributed by atoms with Crippen molar-refractivity contribution in [1.82, 2.24) is 19.6 Å². The van der Waals surface area contributed by atoms with E-state index in [1.165, 1.54) is 22.7 Å². The van der Waals surface area contributed by atoms with Gasteiger partial charge in [0.2, 0.25) is 5.13 Å². The van der Waals surface area contributed by atoms with Crippen LogP contribution in [0.2, 0.25) is 0 Å². The normalized spacial score (nSPS) is 16.2. The Morgan fingerprint density at radius 3 is 2.73 bits per heavy atom. The molecule has 0 radical (unpaired) electrons. The molecular formula is C32H26FN5O4S2. The molecule has 1 fully saturated rings. The molecule has 3 aromatic heterocycles. The van der Waals surface area contributed by atoms with Gasteiger partial charge in [0, 0.05) is 11.9 Å². The predicted octanol–water partition coefficient (Wildman–Crippen LogP) is 6.43. The maximum Gasteiger partial charge on any atom is 0.301 e. The van der Waals surface area contributed by atoms with Crippen molar-refractivity contribution in [3.8, 4) is 5.75 Å². The minimum absolute atomic E-state index is 0.129. The fraction of sp³-hybridized carbons (Fsp3) is 0.156. The first-order valence-corrected chi connectivity index (χ1v) is 15.4. The summed E-state index contributed by atoms with van der Waals surface area (Å²) in [6, 6.07) is 16.1. The number of hydrogen-bond acceptors (Lipinski definition) is 9. The molecule has 1 saturated heterocycles. The summed E-state index contributed by atoms with van der Waals surface area (Å²) in [6.45, 7) is 7.62. The van der Waals surface area contributed by atoms with Crippen molar-refractivity contribution < 1.29 is 23.8 Å². The molecule has 6 rings (SSSR count). The lowest BCUT2D eigenvalue weighted by Gasteiger charge is -2.22. The first-order valence-electron chi connectivity index (χ1n) is 13.6. The summed E-state index contributed by atoms with van der Waals surface area (Å²) in [4.78, 5) is 33.3. The van der Waals surface area contributed by atoms with Crippen LogP contribution in [0.5, 0.6) is 5.75 Å². The number of pyridine rings is 1. The van der Waals surface area contributed by atoms with Gasteiger partial charge < -0.3 is 14.2 Å². The van der Waals surface area contributed by atoms with Crippen LogP contribution in [0.25, 0.3) is 11.4 Å². The molecule has 0 aliphatic carbocycles. The summed E-state index contributed by atoms with van der Waals surface area (Å²) in [7, 11) is 0. The highest BCUT2D eigenvalue weighted by Crippen LogP contribution is 2.45. The number of rotatable bonds is 9. The third-order valence-electron chi connectivity index (χ3n) is 7.21. The molecule has 0 bridgehead atoms. The Kier molecular flexibility index (Phi) is 8.02. The monoisotopic (exact) mass is 627 g/mol. The van der Waals surface area contributed by atoms with E-state index in [-0.39, 0.29) is 28.8 Å². The Balaban J connectivity index is 1.45. The second-order valence-electron chi connectivity index (χ2n) is 10.0. The van der Waals surface area contributed by atoms with Gasteiger partial charge in [-0.25, -0.2) is 9.37 Å². The van der Waals surface area contributed by atoms with Gasteiger partial charge in [-0.3, -0.25) is 14.5 Å². The Morgan fingerprint density at radius 2 is 1.95 bits per heavy atom. The van der Waals surface area contributed by atoms with Crippen LogP contribution >= 0.6 is 23.1 Å². The number of carbonyl (C=O) groups excluding carboxylic acids is 2. The van der Waals surface area contributed by atoms with Gasteiger partial charge in [-0.1, -0.05) is 72.2 Å². The molecule has 4 heterocycles. The van der Waals surface area contributed by atoms with E-state index in [9.17, 15) is 19.1 Å². The minimum atomic E-state index is -1.05. The molecular weight excluding hydrogens is 602 g/mol. The van der Waals surface area contributed by atoms with E-state index in [1.807, 2.05) is 29.7 Å². The van der Waals surface area contributed by atoms with E-state index < -0.39 is 23.5 Å². The number of carbonyl (C=O) groups is 2. The first kappa shape index (κ1) is 29.3.